The van der Waals surface area contributed by atoms with Gasteiger partial charge in [-0.15, -0.1) is 0 Å². The zero-order valence-corrected chi connectivity index (χ0v) is 19.8. The third kappa shape index (κ3) is 9.87. The van der Waals surface area contributed by atoms with Crippen LogP contribution in [-0.4, -0.2) is 72.5 Å². The lowest BCUT2D eigenvalue weighted by Gasteiger charge is -2.33. The highest BCUT2D eigenvalue weighted by Crippen LogP contribution is 2.23. The molecule has 0 spiro atoms. The molecule has 0 saturated heterocycles. The predicted molar refractivity (Wildman–Crippen MR) is 114 cm³/mol. The second-order valence-electron chi connectivity index (χ2n) is 7.73. The molecule has 18 heteroatoms. The number of carboxylic acids is 2. The highest BCUT2D eigenvalue weighted by atomic mass is 19.4. The van der Waals surface area contributed by atoms with Gasteiger partial charge in [-0.25, -0.2) is 19.0 Å². The number of nitrogens with zero attached hydrogens (tertiary/aromatic N) is 5. The maximum Gasteiger partial charge on any atom is 0.490 e. The monoisotopic (exact) mass is 571 g/mol. The van der Waals surface area contributed by atoms with Crippen molar-refractivity contribution in [3.63, 3.8) is 0 Å². The first-order chi connectivity index (χ1) is 18.1. The van der Waals surface area contributed by atoms with Crippen LogP contribution in [0.5, 0.6) is 5.88 Å². The fourth-order valence-electron chi connectivity index (χ4n) is 3.08. The first kappa shape index (κ1) is 31.0. The molecule has 3 aromatic heterocycles. The maximum absolute atomic E-state index is 13.7. The zero-order chi connectivity index (χ0) is 29.4. The molecule has 0 aliphatic carbocycles. The Kier molecular flexibility index (Phi) is 10.4. The van der Waals surface area contributed by atoms with Gasteiger partial charge in [-0.3, -0.25) is 9.58 Å². The molecule has 0 aromatic carbocycles. The van der Waals surface area contributed by atoms with Crippen molar-refractivity contribution in [3.05, 3.63) is 59.6 Å². The molecule has 2 N–H and O–H groups in total. The van der Waals surface area contributed by atoms with Gasteiger partial charge in [0.05, 0.1) is 17.4 Å². The quantitative estimate of drug-likeness (QED) is 0.436. The van der Waals surface area contributed by atoms with Crippen LogP contribution in [0, 0.1) is 12.7 Å². The highest BCUT2D eigenvalue weighted by molar-refractivity contribution is 5.73. The number of carboxylic acid groups (broad SMARTS) is 2. The predicted octanol–water partition coefficient (Wildman–Crippen LogP) is 3.62. The fraction of sp³-hybridized carbons (Fsp3) is 0.381. The highest BCUT2D eigenvalue weighted by Gasteiger charge is 2.38. The molecule has 1 aliphatic heterocycles. The van der Waals surface area contributed by atoms with E-state index in [1.807, 2.05) is 23.7 Å². The summed E-state index contributed by atoms with van der Waals surface area (Å²) < 4.78 is 89.8. The van der Waals surface area contributed by atoms with Crippen molar-refractivity contribution in [1.82, 2.24) is 24.8 Å². The number of rotatable bonds is 5. The number of aryl methyl sites for hydroxylation is 1. The van der Waals surface area contributed by atoms with Gasteiger partial charge in [0.15, 0.2) is 5.82 Å². The normalized spacial score (nSPS) is 15.2. The van der Waals surface area contributed by atoms with Crippen molar-refractivity contribution in [2.45, 2.75) is 38.4 Å². The lowest BCUT2D eigenvalue weighted by Crippen LogP contribution is -2.39. The lowest BCUT2D eigenvalue weighted by atomic mass is 10.2. The Labute approximate surface area is 214 Å². The van der Waals surface area contributed by atoms with Crippen LogP contribution in [0.4, 0.5) is 30.7 Å². The van der Waals surface area contributed by atoms with Crippen molar-refractivity contribution >= 4 is 11.9 Å². The van der Waals surface area contributed by atoms with Gasteiger partial charge in [0, 0.05) is 38.1 Å². The number of hydrogen-bond acceptors (Lipinski definition) is 8. The van der Waals surface area contributed by atoms with E-state index in [1.165, 1.54) is 18.3 Å². The Morgan fingerprint density at radius 2 is 1.72 bits per heavy atom. The number of halogens is 7. The molecule has 1 aliphatic rings. The number of alkyl halides is 6. The summed E-state index contributed by atoms with van der Waals surface area (Å²) >= 11 is 0. The van der Waals surface area contributed by atoms with Gasteiger partial charge in [-0.05, 0) is 25.1 Å². The van der Waals surface area contributed by atoms with Gasteiger partial charge < -0.3 is 19.5 Å². The van der Waals surface area contributed by atoms with Crippen molar-refractivity contribution < 1.29 is 59.8 Å². The SMILES string of the molecule is Cc1cc(CN2Cc3ccnn3C(COc3ncccc3F)C2)no1.O=C(O)C(F)(F)F.O=C(O)C(F)(F)F. The molecule has 1 unspecified atom stereocenters. The number of pyridine rings is 1. The van der Waals surface area contributed by atoms with Gasteiger partial charge in [0.25, 0.3) is 0 Å². The number of hydrogen-bond donors (Lipinski definition) is 2. The van der Waals surface area contributed by atoms with E-state index in [1.54, 1.807) is 6.20 Å². The zero-order valence-electron chi connectivity index (χ0n) is 19.8. The minimum absolute atomic E-state index is 0.0143. The van der Waals surface area contributed by atoms with E-state index in [-0.39, 0.29) is 18.5 Å². The standard InChI is InChI=1S/C17H18FN5O2.2C2HF3O2/c1-12-7-13(21-25-12)8-22-9-14-4-6-20-23(14)15(10-22)11-24-17-16(18)3-2-5-19-17;2*3-2(4,5)1(6)7/h2-7,15H,8-11H2,1H3;2*(H,6,7). The molecule has 0 amide bonds. The van der Waals surface area contributed by atoms with Crippen LogP contribution in [0.1, 0.15) is 23.2 Å². The van der Waals surface area contributed by atoms with Crippen LogP contribution in [-0.2, 0) is 22.7 Å². The molecular formula is C21H20F7N5O6. The first-order valence-corrected chi connectivity index (χ1v) is 10.6. The summed E-state index contributed by atoms with van der Waals surface area (Å²) in [7, 11) is 0. The Balaban J connectivity index is 0.000000317. The van der Waals surface area contributed by atoms with E-state index >= 15 is 0 Å². The van der Waals surface area contributed by atoms with Crippen molar-refractivity contribution in [1.29, 1.82) is 0 Å². The summed E-state index contributed by atoms with van der Waals surface area (Å²) in [5, 5.41) is 22.7. The molecule has 4 heterocycles. The first-order valence-electron chi connectivity index (χ1n) is 10.6. The Bertz CT molecular complexity index is 1220. The summed E-state index contributed by atoms with van der Waals surface area (Å²) in [5.41, 5.74) is 1.97. The largest absolute Gasteiger partial charge is 0.490 e. The summed E-state index contributed by atoms with van der Waals surface area (Å²) in [6.07, 6.45) is -6.88. The van der Waals surface area contributed by atoms with E-state index in [2.05, 4.69) is 20.1 Å². The van der Waals surface area contributed by atoms with Crippen molar-refractivity contribution in [2.75, 3.05) is 13.2 Å². The number of fused-ring (bicyclic) bond motifs is 1. The average Bonchev–Trinajstić information content (AvgIpc) is 3.46. The van der Waals surface area contributed by atoms with E-state index in [0.717, 1.165) is 30.2 Å². The third-order valence-corrected chi connectivity index (χ3v) is 4.64. The second-order valence-corrected chi connectivity index (χ2v) is 7.73. The molecule has 4 rings (SSSR count). The number of aromatic nitrogens is 4. The smallest absolute Gasteiger partial charge is 0.475 e. The molecule has 0 saturated carbocycles. The van der Waals surface area contributed by atoms with Gasteiger partial charge in [0.2, 0.25) is 5.88 Å². The topological polar surface area (TPSA) is 144 Å². The van der Waals surface area contributed by atoms with E-state index < -0.39 is 30.1 Å². The van der Waals surface area contributed by atoms with Gasteiger partial charge in [-0.2, -0.15) is 31.4 Å². The van der Waals surface area contributed by atoms with Crippen LogP contribution in [0.15, 0.2) is 41.2 Å². The van der Waals surface area contributed by atoms with Gasteiger partial charge >= 0.3 is 24.3 Å². The van der Waals surface area contributed by atoms with Crippen LogP contribution in [0.3, 0.4) is 0 Å². The maximum atomic E-state index is 13.7. The minimum atomic E-state index is -5.08. The van der Waals surface area contributed by atoms with E-state index in [0.29, 0.717) is 6.54 Å². The number of carbonyl (C=O) groups is 2. The molecular weight excluding hydrogens is 551 g/mol. The summed E-state index contributed by atoms with van der Waals surface area (Å²) in [5.74, 6) is -5.17. The Morgan fingerprint density at radius 3 is 2.23 bits per heavy atom. The van der Waals surface area contributed by atoms with Crippen LogP contribution < -0.4 is 4.74 Å². The molecule has 0 fully saturated rings. The van der Waals surface area contributed by atoms with E-state index in [9.17, 15) is 30.7 Å². The summed E-state index contributed by atoms with van der Waals surface area (Å²) in [6.45, 7) is 4.32. The minimum Gasteiger partial charge on any atom is -0.475 e. The summed E-state index contributed by atoms with van der Waals surface area (Å²) in [6, 6.07) is 6.75. The molecule has 3 aromatic rings. The van der Waals surface area contributed by atoms with E-state index in [4.69, 9.17) is 29.1 Å². The molecule has 0 radical (unpaired) electrons. The lowest BCUT2D eigenvalue weighted by molar-refractivity contribution is -0.193. The Hall–Kier alpha value is -4.22. The van der Waals surface area contributed by atoms with Crippen molar-refractivity contribution in [2.24, 2.45) is 0 Å². The van der Waals surface area contributed by atoms with Crippen LogP contribution >= 0.6 is 0 Å². The number of aliphatic carboxylic acids is 2. The Morgan fingerprint density at radius 1 is 1.10 bits per heavy atom. The molecule has 39 heavy (non-hydrogen) atoms. The van der Waals surface area contributed by atoms with Crippen LogP contribution in [0.2, 0.25) is 0 Å². The van der Waals surface area contributed by atoms with Gasteiger partial charge in [0.1, 0.15) is 12.4 Å². The average molecular weight is 571 g/mol. The second kappa shape index (κ2) is 13.0. The molecule has 0 bridgehead atoms. The molecule has 1 atom stereocenters. The third-order valence-electron chi connectivity index (χ3n) is 4.64. The fourth-order valence-corrected chi connectivity index (χ4v) is 3.08. The summed E-state index contributed by atoms with van der Waals surface area (Å²) in [4.78, 5) is 24.0. The molecule has 11 nitrogen and oxygen atoms in total. The van der Waals surface area contributed by atoms with Gasteiger partial charge in [-0.1, -0.05) is 5.16 Å². The van der Waals surface area contributed by atoms with Crippen LogP contribution in [0.25, 0.3) is 0 Å². The molecule has 214 valence electrons. The number of ether oxygens (including phenoxy) is 1. The van der Waals surface area contributed by atoms with Crippen molar-refractivity contribution in [3.8, 4) is 5.88 Å².